The Morgan fingerprint density at radius 2 is 1.62 bits per heavy atom. The number of para-hydroxylation sites is 1. The van der Waals surface area contributed by atoms with Crippen molar-refractivity contribution in [2.75, 3.05) is 38.0 Å². The number of nitrogens with zero attached hydrogens (tertiary/aromatic N) is 2. The Hall–Kier alpha value is -2.04. The molecule has 1 N–H and O–H groups in total. The lowest BCUT2D eigenvalue weighted by Crippen LogP contribution is -2.50. The van der Waals surface area contributed by atoms with E-state index in [0.717, 1.165) is 49.9 Å². The molecule has 4 nitrogen and oxygen atoms in total. The lowest BCUT2D eigenvalue weighted by atomic mass is 10.1. The molecule has 0 saturated carbocycles. The van der Waals surface area contributed by atoms with E-state index >= 15 is 0 Å². The number of nitrogens with one attached hydrogen (secondary N) is 1. The molecule has 0 spiro atoms. The molecule has 0 aliphatic carbocycles. The van der Waals surface area contributed by atoms with Crippen molar-refractivity contribution < 1.29 is 4.79 Å². The van der Waals surface area contributed by atoms with Gasteiger partial charge in [-0.3, -0.25) is 4.90 Å². The summed E-state index contributed by atoms with van der Waals surface area (Å²) in [5, 5.41) is 3.72. The summed E-state index contributed by atoms with van der Waals surface area (Å²) >= 11 is 5.91. The highest BCUT2D eigenvalue weighted by molar-refractivity contribution is 6.30. The zero-order chi connectivity index (χ0) is 16.8. The topological polar surface area (TPSA) is 35.6 Å². The molecule has 0 unspecified atom stereocenters. The maximum Gasteiger partial charge on any atom is 0.321 e. The average molecular weight is 344 g/mol. The molecule has 0 aromatic heterocycles. The molecule has 1 fully saturated rings. The lowest BCUT2D eigenvalue weighted by molar-refractivity contribution is 0.148. The number of rotatable bonds is 4. The van der Waals surface area contributed by atoms with Crippen LogP contribution in [0.15, 0.2) is 54.6 Å². The van der Waals surface area contributed by atoms with Gasteiger partial charge in [-0.1, -0.05) is 41.9 Å². The van der Waals surface area contributed by atoms with Crippen LogP contribution in [0.5, 0.6) is 0 Å². The lowest BCUT2D eigenvalue weighted by Gasteiger charge is -2.34. The van der Waals surface area contributed by atoms with Crippen LogP contribution in [0.25, 0.3) is 0 Å². The van der Waals surface area contributed by atoms with Crippen molar-refractivity contribution >= 4 is 23.3 Å². The molecule has 1 aliphatic heterocycles. The van der Waals surface area contributed by atoms with Gasteiger partial charge in [0.25, 0.3) is 0 Å². The first kappa shape index (κ1) is 16.8. The molecule has 1 aliphatic rings. The third-order valence-corrected chi connectivity index (χ3v) is 4.57. The van der Waals surface area contributed by atoms with Crippen LogP contribution < -0.4 is 5.32 Å². The van der Waals surface area contributed by atoms with Crippen molar-refractivity contribution in [2.24, 2.45) is 0 Å². The first-order valence-electron chi connectivity index (χ1n) is 8.28. The predicted molar refractivity (Wildman–Crippen MR) is 98.6 cm³/mol. The van der Waals surface area contributed by atoms with Gasteiger partial charge >= 0.3 is 6.03 Å². The largest absolute Gasteiger partial charge is 0.322 e. The zero-order valence-electron chi connectivity index (χ0n) is 13.6. The number of halogens is 1. The second-order valence-electron chi connectivity index (χ2n) is 6.00. The van der Waals surface area contributed by atoms with Crippen LogP contribution in [0.1, 0.15) is 5.56 Å². The average Bonchev–Trinajstić information content (AvgIpc) is 2.62. The molecule has 2 aromatic rings. The summed E-state index contributed by atoms with van der Waals surface area (Å²) in [6.45, 7) is 4.36. The molecule has 2 aromatic carbocycles. The molecule has 0 bridgehead atoms. The van der Waals surface area contributed by atoms with Gasteiger partial charge in [0, 0.05) is 43.4 Å². The number of amides is 2. The Morgan fingerprint density at radius 3 is 2.29 bits per heavy atom. The third kappa shape index (κ3) is 4.73. The zero-order valence-corrected chi connectivity index (χ0v) is 14.4. The Labute approximate surface area is 148 Å². The Bertz CT molecular complexity index is 652. The number of hydrogen-bond acceptors (Lipinski definition) is 2. The minimum absolute atomic E-state index is 0.0152. The fourth-order valence-electron chi connectivity index (χ4n) is 2.84. The van der Waals surface area contributed by atoms with Crippen LogP contribution in [0.2, 0.25) is 5.02 Å². The highest BCUT2D eigenvalue weighted by Gasteiger charge is 2.20. The van der Waals surface area contributed by atoms with Crippen LogP contribution in [0.3, 0.4) is 0 Å². The molecule has 24 heavy (non-hydrogen) atoms. The fraction of sp³-hybridized carbons (Fsp3) is 0.316. The summed E-state index contributed by atoms with van der Waals surface area (Å²) in [5.74, 6) is 0. The van der Waals surface area contributed by atoms with E-state index < -0.39 is 0 Å². The summed E-state index contributed by atoms with van der Waals surface area (Å²) in [5.41, 5.74) is 2.14. The van der Waals surface area contributed by atoms with E-state index in [0.29, 0.717) is 0 Å². The smallest absolute Gasteiger partial charge is 0.321 e. The van der Waals surface area contributed by atoms with Crippen molar-refractivity contribution in [1.29, 1.82) is 0 Å². The molecule has 1 saturated heterocycles. The van der Waals surface area contributed by atoms with Crippen LogP contribution in [0, 0.1) is 0 Å². The number of anilines is 1. The van der Waals surface area contributed by atoms with E-state index in [9.17, 15) is 4.79 Å². The van der Waals surface area contributed by atoms with Gasteiger partial charge < -0.3 is 10.2 Å². The minimum Gasteiger partial charge on any atom is -0.322 e. The molecule has 5 heteroatoms. The van der Waals surface area contributed by atoms with Gasteiger partial charge in [0.2, 0.25) is 0 Å². The third-order valence-electron chi connectivity index (χ3n) is 4.31. The van der Waals surface area contributed by atoms with E-state index in [1.807, 2.05) is 47.4 Å². The maximum absolute atomic E-state index is 12.3. The number of benzene rings is 2. The van der Waals surface area contributed by atoms with Gasteiger partial charge in [0.05, 0.1) is 0 Å². The van der Waals surface area contributed by atoms with Gasteiger partial charge in [0.15, 0.2) is 0 Å². The number of hydrogen-bond donors (Lipinski definition) is 1. The number of piperazine rings is 1. The van der Waals surface area contributed by atoms with E-state index in [2.05, 4.69) is 22.3 Å². The SMILES string of the molecule is O=C(Nc1ccccc1)N1CCN(CCc2ccc(Cl)cc2)CC1. The number of carbonyl (C=O) groups is 1. The molecular formula is C19H22ClN3O. The van der Waals surface area contributed by atoms with E-state index in [1.54, 1.807) is 0 Å². The molecule has 0 radical (unpaired) electrons. The molecule has 126 valence electrons. The normalized spacial score (nSPS) is 15.3. The highest BCUT2D eigenvalue weighted by atomic mass is 35.5. The van der Waals surface area contributed by atoms with Crippen molar-refractivity contribution in [3.8, 4) is 0 Å². The van der Waals surface area contributed by atoms with E-state index in [4.69, 9.17) is 11.6 Å². The van der Waals surface area contributed by atoms with Crippen molar-refractivity contribution in [1.82, 2.24) is 9.80 Å². The van der Waals surface area contributed by atoms with Crippen LogP contribution in [0.4, 0.5) is 10.5 Å². The standard InChI is InChI=1S/C19H22ClN3O/c20-17-8-6-16(7-9-17)10-11-22-12-14-23(15-13-22)19(24)21-18-4-2-1-3-5-18/h1-9H,10-15H2,(H,21,24). The fourth-order valence-corrected chi connectivity index (χ4v) is 2.96. The second kappa shape index (κ2) is 8.18. The van der Waals surface area contributed by atoms with Gasteiger partial charge in [-0.05, 0) is 36.2 Å². The number of urea groups is 1. The first-order valence-corrected chi connectivity index (χ1v) is 8.66. The van der Waals surface area contributed by atoms with E-state index in [1.165, 1.54) is 5.56 Å². The summed E-state index contributed by atoms with van der Waals surface area (Å²) in [4.78, 5) is 16.6. The Balaban J connectivity index is 1.42. The van der Waals surface area contributed by atoms with Gasteiger partial charge in [-0.15, -0.1) is 0 Å². The molecule has 2 amide bonds. The minimum atomic E-state index is -0.0152. The first-order chi connectivity index (χ1) is 11.7. The predicted octanol–water partition coefficient (Wildman–Crippen LogP) is 3.73. The second-order valence-corrected chi connectivity index (χ2v) is 6.44. The summed E-state index contributed by atoms with van der Waals surface area (Å²) in [6, 6.07) is 17.6. The quantitative estimate of drug-likeness (QED) is 0.918. The number of carbonyl (C=O) groups excluding carboxylic acids is 1. The summed E-state index contributed by atoms with van der Waals surface area (Å²) in [6.07, 6.45) is 1.01. The maximum atomic E-state index is 12.3. The molecular weight excluding hydrogens is 322 g/mol. The summed E-state index contributed by atoms with van der Waals surface area (Å²) in [7, 11) is 0. The monoisotopic (exact) mass is 343 g/mol. The van der Waals surface area contributed by atoms with Crippen molar-refractivity contribution in [2.45, 2.75) is 6.42 Å². The van der Waals surface area contributed by atoms with Gasteiger partial charge in [-0.2, -0.15) is 0 Å². The highest BCUT2D eigenvalue weighted by Crippen LogP contribution is 2.12. The Kier molecular flexibility index (Phi) is 5.72. The van der Waals surface area contributed by atoms with Crippen LogP contribution in [-0.2, 0) is 6.42 Å². The van der Waals surface area contributed by atoms with E-state index in [-0.39, 0.29) is 6.03 Å². The molecule has 3 rings (SSSR count). The van der Waals surface area contributed by atoms with Gasteiger partial charge in [0.1, 0.15) is 0 Å². The molecule has 1 heterocycles. The van der Waals surface area contributed by atoms with Crippen LogP contribution >= 0.6 is 11.6 Å². The molecule has 0 atom stereocenters. The van der Waals surface area contributed by atoms with Crippen LogP contribution in [-0.4, -0.2) is 48.6 Å². The summed E-state index contributed by atoms with van der Waals surface area (Å²) < 4.78 is 0. The Morgan fingerprint density at radius 1 is 0.958 bits per heavy atom. The van der Waals surface area contributed by atoms with Crippen molar-refractivity contribution in [3.63, 3.8) is 0 Å². The van der Waals surface area contributed by atoms with Crippen molar-refractivity contribution in [3.05, 3.63) is 65.2 Å². The van der Waals surface area contributed by atoms with Gasteiger partial charge in [-0.25, -0.2) is 4.79 Å².